The number of imide groups is 1. The highest BCUT2D eigenvalue weighted by molar-refractivity contribution is 6.30. The van der Waals surface area contributed by atoms with E-state index in [4.69, 9.17) is 11.6 Å². The van der Waals surface area contributed by atoms with Crippen LogP contribution in [0.15, 0.2) is 66.7 Å². The van der Waals surface area contributed by atoms with Crippen molar-refractivity contribution in [3.8, 4) is 0 Å². The second-order valence-corrected chi connectivity index (χ2v) is 10.8. The van der Waals surface area contributed by atoms with Crippen molar-refractivity contribution in [2.24, 2.45) is 11.8 Å². The summed E-state index contributed by atoms with van der Waals surface area (Å²) in [7, 11) is 0. The number of rotatable bonds is 11. The molecule has 1 aliphatic carbocycles. The maximum atomic E-state index is 13.8. The number of likely N-dealkylation sites (tertiary alicyclic amines) is 1. The molecule has 0 saturated carbocycles. The first kappa shape index (κ1) is 28.6. The van der Waals surface area contributed by atoms with Gasteiger partial charge >= 0.3 is 0 Å². The Morgan fingerprint density at radius 3 is 2.18 bits per heavy atom. The highest BCUT2D eigenvalue weighted by atomic mass is 35.5. The predicted octanol–water partition coefficient (Wildman–Crippen LogP) is 4.54. The van der Waals surface area contributed by atoms with Crippen molar-refractivity contribution in [3.05, 3.63) is 82.9 Å². The molecule has 1 fully saturated rings. The quantitative estimate of drug-likeness (QED) is 0.329. The standard InChI is InChI=1S/C31H36ClN3O4/c1-3-21(2)33-29(37)27(19-22-9-5-4-6-10-22)35(20-23-13-15-24(32)16-14-23)28(36)17-18-34-30(38)25-11-7-8-12-26(25)31(34)39/h4-10,13-16,21,25-27H,3,11-12,17-20H2,1-2H3,(H,33,37)/t21-,25-,26+,27+/m0/s1. The summed E-state index contributed by atoms with van der Waals surface area (Å²) < 4.78 is 0. The number of fused-ring (bicyclic) bond motifs is 1. The second-order valence-electron chi connectivity index (χ2n) is 10.4. The Balaban J connectivity index is 1.58. The summed E-state index contributed by atoms with van der Waals surface area (Å²) in [4.78, 5) is 56.2. The molecule has 8 heteroatoms. The molecule has 1 N–H and O–H groups in total. The number of hydrogen-bond acceptors (Lipinski definition) is 4. The average molecular weight is 550 g/mol. The number of nitrogens with one attached hydrogen (secondary N) is 1. The van der Waals surface area contributed by atoms with Crippen LogP contribution in [0.2, 0.25) is 5.02 Å². The molecule has 7 nitrogen and oxygen atoms in total. The van der Waals surface area contributed by atoms with Gasteiger partial charge in [0.2, 0.25) is 23.6 Å². The van der Waals surface area contributed by atoms with Crippen molar-refractivity contribution >= 4 is 35.2 Å². The number of carbonyl (C=O) groups is 4. The van der Waals surface area contributed by atoms with E-state index in [-0.39, 0.29) is 61.0 Å². The maximum absolute atomic E-state index is 13.8. The number of amides is 4. The van der Waals surface area contributed by atoms with E-state index in [2.05, 4.69) is 5.32 Å². The first-order chi connectivity index (χ1) is 18.8. The molecule has 206 valence electrons. The van der Waals surface area contributed by atoms with Gasteiger partial charge < -0.3 is 10.2 Å². The molecule has 2 aromatic carbocycles. The Bertz CT molecular complexity index is 1190. The summed E-state index contributed by atoms with van der Waals surface area (Å²) in [6, 6.07) is 15.9. The number of carbonyl (C=O) groups excluding carboxylic acids is 4. The summed E-state index contributed by atoms with van der Waals surface area (Å²) in [5.74, 6) is -1.62. The van der Waals surface area contributed by atoms with Crippen LogP contribution in [0.5, 0.6) is 0 Å². The van der Waals surface area contributed by atoms with Gasteiger partial charge in [-0.05, 0) is 49.4 Å². The fraction of sp³-hybridized carbons (Fsp3) is 0.419. The molecule has 0 aromatic heterocycles. The molecule has 1 saturated heterocycles. The summed E-state index contributed by atoms with van der Waals surface area (Å²) in [6.07, 6.45) is 6.03. The van der Waals surface area contributed by atoms with Crippen molar-refractivity contribution in [1.82, 2.24) is 15.1 Å². The average Bonchev–Trinajstić information content (AvgIpc) is 3.19. The van der Waals surface area contributed by atoms with E-state index in [0.29, 0.717) is 24.3 Å². The van der Waals surface area contributed by atoms with Crippen molar-refractivity contribution in [2.45, 2.75) is 64.6 Å². The van der Waals surface area contributed by atoms with Gasteiger partial charge in [-0.25, -0.2) is 0 Å². The third-order valence-corrected chi connectivity index (χ3v) is 7.94. The molecule has 4 atom stereocenters. The van der Waals surface area contributed by atoms with Gasteiger partial charge in [0.1, 0.15) is 6.04 Å². The van der Waals surface area contributed by atoms with Gasteiger partial charge in [0.25, 0.3) is 0 Å². The minimum Gasteiger partial charge on any atom is -0.352 e. The number of halogens is 1. The lowest BCUT2D eigenvalue weighted by molar-refractivity contribution is -0.144. The maximum Gasteiger partial charge on any atom is 0.243 e. The topological polar surface area (TPSA) is 86.8 Å². The first-order valence-electron chi connectivity index (χ1n) is 13.7. The Hall–Kier alpha value is -3.45. The van der Waals surface area contributed by atoms with Crippen molar-refractivity contribution in [2.75, 3.05) is 6.54 Å². The van der Waals surface area contributed by atoms with Crippen molar-refractivity contribution < 1.29 is 19.2 Å². The fourth-order valence-corrected chi connectivity index (χ4v) is 5.35. The van der Waals surface area contributed by atoms with E-state index in [1.807, 2.05) is 68.5 Å². The Morgan fingerprint density at radius 2 is 1.59 bits per heavy atom. The molecule has 2 aliphatic rings. The molecule has 4 rings (SSSR count). The van der Waals surface area contributed by atoms with Crippen LogP contribution in [0.1, 0.15) is 50.7 Å². The Morgan fingerprint density at radius 1 is 0.974 bits per heavy atom. The number of nitrogens with zero attached hydrogens (tertiary/aromatic N) is 2. The largest absolute Gasteiger partial charge is 0.352 e. The molecule has 0 bridgehead atoms. The molecular formula is C31H36ClN3O4. The lowest BCUT2D eigenvalue weighted by atomic mass is 9.85. The van der Waals surface area contributed by atoms with Crippen LogP contribution in [-0.2, 0) is 32.1 Å². The highest BCUT2D eigenvalue weighted by Gasteiger charge is 2.47. The van der Waals surface area contributed by atoms with Crippen LogP contribution in [-0.4, -0.2) is 52.1 Å². The summed E-state index contributed by atoms with van der Waals surface area (Å²) >= 11 is 6.09. The fourth-order valence-electron chi connectivity index (χ4n) is 5.22. The molecule has 2 aromatic rings. The number of hydrogen-bond donors (Lipinski definition) is 1. The molecule has 0 radical (unpaired) electrons. The van der Waals surface area contributed by atoms with Crippen LogP contribution >= 0.6 is 11.6 Å². The van der Waals surface area contributed by atoms with Gasteiger partial charge in [-0.15, -0.1) is 0 Å². The van der Waals surface area contributed by atoms with Gasteiger partial charge in [-0.1, -0.05) is 73.1 Å². The molecule has 1 heterocycles. The SMILES string of the molecule is CC[C@H](C)NC(=O)[C@@H](Cc1ccccc1)N(Cc1ccc(Cl)cc1)C(=O)CCN1C(=O)[C@H]2CC=CC[C@H]2C1=O. The molecule has 0 unspecified atom stereocenters. The van der Waals surface area contributed by atoms with E-state index in [1.165, 1.54) is 4.90 Å². The van der Waals surface area contributed by atoms with Crippen LogP contribution in [0, 0.1) is 11.8 Å². The molecular weight excluding hydrogens is 514 g/mol. The normalized spacial score (nSPS) is 19.9. The van der Waals surface area contributed by atoms with Gasteiger partial charge in [-0.3, -0.25) is 24.1 Å². The summed E-state index contributed by atoms with van der Waals surface area (Å²) in [5, 5.41) is 3.62. The second kappa shape index (κ2) is 13.1. The lowest BCUT2D eigenvalue weighted by Crippen LogP contribution is -2.52. The van der Waals surface area contributed by atoms with E-state index in [1.54, 1.807) is 17.0 Å². The van der Waals surface area contributed by atoms with Crippen LogP contribution in [0.4, 0.5) is 0 Å². The highest BCUT2D eigenvalue weighted by Crippen LogP contribution is 2.35. The first-order valence-corrected chi connectivity index (χ1v) is 14.0. The minimum absolute atomic E-state index is 0.00561. The van der Waals surface area contributed by atoms with E-state index < -0.39 is 6.04 Å². The molecule has 0 spiro atoms. The smallest absolute Gasteiger partial charge is 0.243 e. The Labute approximate surface area is 235 Å². The molecule has 1 aliphatic heterocycles. The summed E-state index contributed by atoms with van der Waals surface area (Å²) in [6.45, 7) is 4.12. The lowest BCUT2D eigenvalue weighted by Gasteiger charge is -2.33. The third kappa shape index (κ3) is 6.95. The molecule has 4 amide bonds. The van der Waals surface area contributed by atoms with Crippen LogP contribution in [0.3, 0.4) is 0 Å². The van der Waals surface area contributed by atoms with E-state index in [0.717, 1.165) is 17.5 Å². The molecule has 39 heavy (non-hydrogen) atoms. The summed E-state index contributed by atoms with van der Waals surface area (Å²) in [5.41, 5.74) is 1.75. The van der Waals surface area contributed by atoms with Gasteiger partial charge in [0, 0.05) is 37.0 Å². The minimum atomic E-state index is -0.777. The van der Waals surface area contributed by atoms with E-state index in [9.17, 15) is 19.2 Å². The van der Waals surface area contributed by atoms with Gasteiger partial charge in [0.15, 0.2) is 0 Å². The number of allylic oxidation sites excluding steroid dienone is 2. The third-order valence-electron chi connectivity index (χ3n) is 7.69. The zero-order valence-corrected chi connectivity index (χ0v) is 23.3. The zero-order chi connectivity index (χ0) is 27.9. The van der Waals surface area contributed by atoms with Gasteiger partial charge in [-0.2, -0.15) is 0 Å². The van der Waals surface area contributed by atoms with Crippen molar-refractivity contribution in [3.63, 3.8) is 0 Å². The Kier molecular flexibility index (Phi) is 9.57. The zero-order valence-electron chi connectivity index (χ0n) is 22.5. The van der Waals surface area contributed by atoms with Crippen LogP contribution in [0.25, 0.3) is 0 Å². The van der Waals surface area contributed by atoms with Gasteiger partial charge in [0.05, 0.1) is 11.8 Å². The van der Waals surface area contributed by atoms with E-state index >= 15 is 0 Å². The monoisotopic (exact) mass is 549 g/mol. The van der Waals surface area contributed by atoms with Crippen molar-refractivity contribution in [1.29, 1.82) is 0 Å². The number of benzene rings is 2. The van der Waals surface area contributed by atoms with Crippen LogP contribution < -0.4 is 5.32 Å². The predicted molar refractivity (Wildman–Crippen MR) is 151 cm³/mol.